The van der Waals surface area contributed by atoms with Gasteiger partial charge in [-0.05, 0) is 36.6 Å². The van der Waals surface area contributed by atoms with Gasteiger partial charge in [0.05, 0.1) is 0 Å². The average Bonchev–Trinajstić information content (AvgIpc) is 2.45. The molecule has 2 nitrogen and oxygen atoms in total. The molecule has 0 saturated heterocycles. The van der Waals surface area contributed by atoms with Gasteiger partial charge in [-0.25, -0.2) is 0 Å². The predicted octanol–water partition coefficient (Wildman–Crippen LogP) is 3.60. The molecule has 0 heterocycles. The Morgan fingerprint density at radius 2 is 1.72 bits per heavy atom. The molecule has 0 fully saturated rings. The van der Waals surface area contributed by atoms with Crippen LogP contribution in [-0.4, -0.2) is 12.3 Å². The summed E-state index contributed by atoms with van der Waals surface area (Å²) in [5.41, 5.74) is 7.44. The van der Waals surface area contributed by atoms with Gasteiger partial charge in [0, 0.05) is 6.42 Å². The van der Waals surface area contributed by atoms with Crippen molar-refractivity contribution in [2.45, 2.75) is 40.0 Å². The standard InChI is InChI=1S/C13H16O.C3H9N/c1-3-11-5-7-12(8-6-11)9-10-13(14)4-2;1-2-3-4/h5-10H,3-4H2,1-2H3;2-4H2,1H3/b10-9+;. The second-order valence-corrected chi connectivity index (χ2v) is 4.04. The molecule has 0 radical (unpaired) electrons. The molecule has 0 atom stereocenters. The van der Waals surface area contributed by atoms with Gasteiger partial charge in [-0.2, -0.15) is 0 Å². The zero-order valence-corrected chi connectivity index (χ0v) is 11.8. The molecule has 0 spiro atoms. The van der Waals surface area contributed by atoms with Gasteiger partial charge in [0.1, 0.15) is 0 Å². The summed E-state index contributed by atoms with van der Waals surface area (Å²) in [7, 11) is 0. The van der Waals surface area contributed by atoms with E-state index >= 15 is 0 Å². The van der Waals surface area contributed by atoms with E-state index in [2.05, 4.69) is 26.0 Å². The van der Waals surface area contributed by atoms with Crippen LogP contribution in [0.15, 0.2) is 30.3 Å². The van der Waals surface area contributed by atoms with Crippen molar-refractivity contribution in [2.24, 2.45) is 5.73 Å². The molecule has 0 aliphatic heterocycles. The highest BCUT2D eigenvalue weighted by atomic mass is 16.1. The van der Waals surface area contributed by atoms with Crippen molar-refractivity contribution in [3.8, 4) is 0 Å². The molecule has 0 aromatic heterocycles. The minimum absolute atomic E-state index is 0.171. The third-order valence-corrected chi connectivity index (χ3v) is 2.49. The number of ketones is 1. The number of carbonyl (C=O) groups is 1. The Balaban J connectivity index is 0.000000631. The molecule has 0 aliphatic rings. The third-order valence-electron chi connectivity index (χ3n) is 2.49. The van der Waals surface area contributed by atoms with E-state index in [0.717, 1.165) is 24.9 Å². The van der Waals surface area contributed by atoms with E-state index in [1.165, 1.54) is 5.56 Å². The van der Waals surface area contributed by atoms with Gasteiger partial charge in [-0.1, -0.05) is 51.1 Å². The van der Waals surface area contributed by atoms with Crippen molar-refractivity contribution in [3.05, 3.63) is 41.5 Å². The first-order valence-corrected chi connectivity index (χ1v) is 6.67. The zero-order valence-electron chi connectivity index (χ0n) is 11.8. The van der Waals surface area contributed by atoms with Crippen LogP contribution in [0.5, 0.6) is 0 Å². The maximum absolute atomic E-state index is 11.0. The van der Waals surface area contributed by atoms with Crippen LogP contribution in [0.1, 0.15) is 44.7 Å². The van der Waals surface area contributed by atoms with Crippen LogP contribution in [0.3, 0.4) is 0 Å². The number of allylic oxidation sites excluding steroid dienone is 1. The van der Waals surface area contributed by atoms with Gasteiger partial charge < -0.3 is 5.73 Å². The van der Waals surface area contributed by atoms with Crippen molar-refractivity contribution in [3.63, 3.8) is 0 Å². The Hall–Kier alpha value is -1.41. The lowest BCUT2D eigenvalue weighted by atomic mass is 10.1. The first kappa shape index (κ1) is 16.6. The molecule has 1 aromatic rings. The fourth-order valence-electron chi connectivity index (χ4n) is 1.17. The van der Waals surface area contributed by atoms with Gasteiger partial charge in [0.2, 0.25) is 0 Å². The molecule has 1 rings (SSSR count). The SMILES string of the molecule is CCC(=O)/C=C/c1ccc(CC)cc1.CCCN. The summed E-state index contributed by atoms with van der Waals surface area (Å²) in [4.78, 5) is 11.0. The Labute approximate surface area is 111 Å². The van der Waals surface area contributed by atoms with Crippen LogP contribution in [0.25, 0.3) is 6.08 Å². The van der Waals surface area contributed by atoms with E-state index in [1.807, 2.05) is 25.1 Å². The number of rotatable bonds is 5. The summed E-state index contributed by atoms with van der Waals surface area (Å²) >= 11 is 0. The highest BCUT2D eigenvalue weighted by Gasteiger charge is 1.91. The fourth-order valence-corrected chi connectivity index (χ4v) is 1.17. The largest absolute Gasteiger partial charge is 0.330 e. The average molecular weight is 247 g/mol. The van der Waals surface area contributed by atoms with E-state index in [0.29, 0.717) is 6.42 Å². The number of nitrogens with two attached hydrogens (primary N) is 1. The molecule has 2 heteroatoms. The normalized spacial score (nSPS) is 10.0. The molecular formula is C16H25NO. The quantitative estimate of drug-likeness (QED) is 0.808. The van der Waals surface area contributed by atoms with Crippen LogP contribution < -0.4 is 5.73 Å². The number of benzene rings is 1. The zero-order chi connectivity index (χ0) is 13.8. The van der Waals surface area contributed by atoms with Crippen LogP contribution in [0, 0.1) is 0 Å². The lowest BCUT2D eigenvalue weighted by Crippen LogP contribution is -1.93. The Kier molecular flexibility index (Phi) is 9.89. The molecular weight excluding hydrogens is 222 g/mol. The highest BCUT2D eigenvalue weighted by molar-refractivity contribution is 5.93. The van der Waals surface area contributed by atoms with Crippen LogP contribution >= 0.6 is 0 Å². The molecule has 0 saturated carbocycles. The Bertz CT molecular complexity index is 350. The maximum atomic E-state index is 11.0. The topological polar surface area (TPSA) is 43.1 Å². The number of aryl methyl sites for hydroxylation is 1. The summed E-state index contributed by atoms with van der Waals surface area (Å²) in [6, 6.07) is 8.27. The Morgan fingerprint density at radius 3 is 2.11 bits per heavy atom. The highest BCUT2D eigenvalue weighted by Crippen LogP contribution is 2.06. The second-order valence-electron chi connectivity index (χ2n) is 4.04. The number of hydrogen-bond donors (Lipinski definition) is 1. The van der Waals surface area contributed by atoms with Crippen LogP contribution in [0.2, 0.25) is 0 Å². The summed E-state index contributed by atoms with van der Waals surface area (Å²) in [5.74, 6) is 0.171. The van der Waals surface area contributed by atoms with Gasteiger partial charge in [-0.3, -0.25) is 4.79 Å². The molecule has 2 N–H and O–H groups in total. The monoisotopic (exact) mass is 247 g/mol. The van der Waals surface area contributed by atoms with Crippen molar-refractivity contribution < 1.29 is 4.79 Å². The van der Waals surface area contributed by atoms with E-state index in [9.17, 15) is 4.79 Å². The molecule has 1 aromatic carbocycles. The summed E-state index contributed by atoms with van der Waals surface area (Å²) in [5, 5.41) is 0. The van der Waals surface area contributed by atoms with E-state index in [4.69, 9.17) is 5.73 Å². The second kappa shape index (κ2) is 10.7. The molecule has 0 aliphatic carbocycles. The van der Waals surface area contributed by atoms with Crippen molar-refractivity contribution in [2.75, 3.05) is 6.54 Å². The first-order chi connectivity index (χ1) is 8.67. The summed E-state index contributed by atoms with van der Waals surface area (Å²) in [6.45, 7) is 6.87. The first-order valence-electron chi connectivity index (χ1n) is 6.67. The van der Waals surface area contributed by atoms with Gasteiger partial charge in [0.15, 0.2) is 5.78 Å². The summed E-state index contributed by atoms with van der Waals surface area (Å²) < 4.78 is 0. The smallest absolute Gasteiger partial charge is 0.155 e. The van der Waals surface area contributed by atoms with Crippen LogP contribution in [-0.2, 0) is 11.2 Å². The summed E-state index contributed by atoms with van der Waals surface area (Å²) in [6.07, 6.45) is 6.23. The third kappa shape index (κ3) is 7.80. The van der Waals surface area contributed by atoms with Gasteiger partial charge in [-0.15, -0.1) is 0 Å². The van der Waals surface area contributed by atoms with Crippen molar-refractivity contribution in [1.82, 2.24) is 0 Å². The lowest BCUT2D eigenvalue weighted by molar-refractivity contribution is -0.114. The van der Waals surface area contributed by atoms with E-state index < -0.39 is 0 Å². The predicted molar refractivity (Wildman–Crippen MR) is 79.5 cm³/mol. The van der Waals surface area contributed by atoms with Gasteiger partial charge in [0.25, 0.3) is 0 Å². The molecule has 18 heavy (non-hydrogen) atoms. The van der Waals surface area contributed by atoms with Crippen LogP contribution in [0.4, 0.5) is 0 Å². The van der Waals surface area contributed by atoms with E-state index in [-0.39, 0.29) is 5.78 Å². The minimum atomic E-state index is 0.171. The fraction of sp³-hybridized carbons (Fsp3) is 0.438. The van der Waals surface area contributed by atoms with Gasteiger partial charge >= 0.3 is 0 Å². The number of hydrogen-bond acceptors (Lipinski definition) is 2. The van der Waals surface area contributed by atoms with Crippen molar-refractivity contribution >= 4 is 11.9 Å². The van der Waals surface area contributed by atoms with Crippen molar-refractivity contribution in [1.29, 1.82) is 0 Å². The minimum Gasteiger partial charge on any atom is -0.330 e. The Morgan fingerprint density at radius 1 is 1.17 bits per heavy atom. The molecule has 100 valence electrons. The number of carbonyl (C=O) groups excluding carboxylic acids is 1. The molecule has 0 amide bonds. The van der Waals surface area contributed by atoms with E-state index in [1.54, 1.807) is 6.08 Å². The lowest BCUT2D eigenvalue weighted by Gasteiger charge is -1.96. The molecule has 0 bridgehead atoms. The maximum Gasteiger partial charge on any atom is 0.155 e. The molecule has 0 unspecified atom stereocenters.